The lowest BCUT2D eigenvalue weighted by molar-refractivity contribution is -0.114. The van der Waals surface area contributed by atoms with Crippen molar-refractivity contribution in [2.75, 3.05) is 18.5 Å². The van der Waals surface area contributed by atoms with Crippen LogP contribution in [0.15, 0.2) is 11.4 Å². The molecule has 0 aliphatic rings. The number of carbonyl (C=O) groups is 1. The summed E-state index contributed by atoms with van der Waals surface area (Å²) in [7, 11) is 0. The minimum Gasteiger partial charge on any atom is -0.396 e. The fourth-order valence-electron chi connectivity index (χ4n) is 2.00. The molecular formula is C14H24N2O2S. The third-order valence-corrected chi connectivity index (χ3v) is 4.60. The largest absolute Gasteiger partial charge is 0.396 e. The third-order valence-electron chi connectivity index (χ3n) is 3.68. The molecule has 108 valence electrons. The molecule has 0 aliphatic heterocycles. The minimum atomic E-state index is -0.0496. The molecule has 0 bridgehead atoms. The summed E-state index contributed by atoms with van der Waals surface area (Å²) in [6, 6.07) is 1.92. The molecule has 0 spiro atoms. The van der Waals surface area contributed by atoms with E-state index in [2.05, 4.69) is 24.5 Å². The van der Waals surface area contributed by atoms with E-state index >= 15 is 0 Å². The predicted octanol–water partition coefficient (Wildman–Crippen LogP) is 2.59. The molecule has 0 saturated heterocycles. The lowest BCUT2D eigenvalue weighted by Gasteiger charge is -2.29. The number of thiophene rings is 1. The first-order chi connectivity index (χ1) is 9.06. The van der Waals surface area contributed by atoms with Crippen molar-refractivity contribution >= 4 is 22.9 Å². The fraction of sp³-hybridized carbons (Fsp3) is 0.643. The second-order valence-electron chi connectivity index (χ2n) is 4.91. The molecule has 0 unspecified atom stereocenters. The summed E-state index contributed by atoms with van der Waals surface area (Å²) in [5.74, 6) is -0.0496. The Balaban J connectivity index is 2.53. The predicted molar refractivity (Wildman–Crippen MR) is 80.4 cm³/mol. The molecule has 0 atom stereocenters. The Bertz CT molecular complexity index is 392. The van der Waals surface area contributed by atoms with Crippen molar-refractivity contribution in [3.05, 3.63) is 16.3 Å². The molecule has 4 nitrogen and oxygen atoms in total. The first kappa shape index (κ1) is 16.1. The zero-order valence-electron chi connectivity index (χ0n) is 12.0. The average molecular weight is 284 g/mol. The smallest absolute Gasteiger partial charge is 0.221 e. The summed E-state index contributed by atoms with van der Waals surface area (Å²) >= 11 is 1.63. The number of amides is 1. The van der Waals surface area contributed by atoms with Crippen LogP contribution < -0.4 is 10.6 Å². The minimum absolute atomic E-state index is 0.0363. The molecule has 1 heterocycles. The van der Waals surface area contributed by atoms with Crippen molar-refractivity contribution in [2.45, 2.75) is 40.2 Å². The highest BCUT2D eigenvalue weighted by Crippen LogP contribution is 2.26. The summed E-state index contributed by atoms with van der Waals surface area (Å²) in [6.07, 6.45) is 1.91. The van der Waals surface area contributed by atoms with E-state index in [1.54, 1.807) is 11.3 Å². The number of nitrogens with one attached hydrogen (secondary N) is 2. The van der Waals surface area contributed by atoms with Gasteiger partial charge in [-0.05, 0) is 24.3 Å². The van der Waals surface area contributed by atoms with Gasteiger partial charge >= 0.3 is 0 Å². The normalized spacial score (nSPS) is 11.6. The maximum atomic E-state index is 11.1. The number of hydrogen-bond acceptors (Lipinski definition) is 4. The van der Waals surface area contributed by atoms with Crippen LogP contribution in [0.1, 0.15) is 38.5 Å². The van der Waals surface area contributed by atoms with Crippen LogP contribution in [0.4, 0.5) is 5.69 Å². The van der Waals surface area contributed by atoms with E-state index < -0.39 is 0 Å². The van der Waals surface area contributed by atoms with Gasteiger partial charge in [0.15, 0.2) is 0 Å². The van der Waals surface area contributed by atoms with Crippen molar-refractivity contribution in [3.63, 3.8) is 0 Å². The highest BCUT2D eigenvalue weighted by atomic mass is 32.1. The number of aliphatic hydroxyl groups excluding tert-OH is 1. The number of aliphatic hydroxyl groups is 1. The van der Waals surface area contributed by atoms with Crippen LogP contribution >= 0.6 is 11.3 Å². The van der Waals surface area contributed by atoms with E-state index in [0.717, 1.165) is 36.5 Å². The summed E-state index contributed by atoms with van der Waals surface area (Å²) in [4.78, 5) is 12.2. The number of anilines is 1. The lowest BCUT2D eigenvalue weighted by atomic mass is 9.83. The van der Waals surface area contributed by atoms with Gasteiger partial charge in [0.1, 0.15) is 0 Å². The van der Waals surface area contributed by atoms with Gasteiger partial charge in [0, 0.05) is 36.9 Å². The molecule has 0 aromatic carbocycles. The lowest BCUT2D eigenvalue weighted by Crippen LogP contribution is -2.36. The van der Waals surface area contributed by atoms with Gasteiger partial charge in [0.25, 0.3) is 0 Å². The Morgan fingerprint density at radius 3 is 2.63 bits per heavy atom. The summed E-state index contributed by atoms with van der Waals surface area (Å²) in [5.41, 5.74) is 0.846. The van der Waals surface area contributed by atoms with Crippen LogP contribution in [0.3, 0.4) is 0 Å². The fourth-order valence-corrected chi connectivity index (χ4v) is 2.80. The number of carbonyl (C=O) groups excluding carboxylic acids is 1. The van der Waals surface area contributed by atoms with E-state index in [1.807, 2.05) is 11.4 Å². The highest BCUT2D eigenvalue weighted by Gasteiger charge is 2.24. The SMILES string of the molecule is CCC(CC)(CO)CNCc1sccc1NC(C)=O. The van der Waals surface area contributed by atoms with Crippen molar-refractivity contribution < 1.29 is 9.90 Å². The van der Waals surface area contributed by atoms with Gasteiger partial charge in [-0.25, -0.2) is 0 Å². The second-order valence-corrected chi connectivity index (χ2v) is 5.91. The Morgan fingerprint density at radius 2 is 2.11 bits per heavy atom. The van der Waals surface area contributed by atoms with Gasteiger partial charge in [0.2, 0.25) is 5.91 Å². The molecule has 1 aromatic heterocycles. The molecular weight excluding hydrogens is 260 g/mol. The molecule has 1 aromatic rings. The van der Waals surface area contributed by atoms with E-state index in [9.17, 15) is 9.90 Å². The highest BCUT2D eigenvalue weighted by molar-refractivity contribution is 7.10. The quantitative estimate of drug-likeness (QED) is 0.687. The van der Waals surface area contributed by atoms with E-state index in [0.29, 0.717) is 0 Å². The average Bonchev–Trinajstić information content (AvgIpc) is 2.82. The van der Waals surface area contributed by atoms with Crippen molar-refractivity contribution in [3.8, 4) is 0 Å². The Labute approximate surface area is 119 Å². The Hall–Kier alpha value is -0.910. The van der Waals surface area contributed by atoms with Crippen molar-refractivity contribution in [1.29, 1.82) is 0 Å². The monoisotopic (exact) mass is 284 g/mol. The Kier molecular flexibility index (Phi) is 6.48. The van der Waals surface area contributed by atoms with Gasteiger partial charge in [0.05, 0.1) is 5.69 Å². The van der Waals surface area contributed by atoms with Crippen molar-refractivity contribution in [2.24, 2.45) is 5.41 Å². The molecule has 5 heteroatoms. The Morgan fingerprint density at radius 1 is 1.42 bits per heavy atom. The van der Waals surface area contributed by atoms with E-state index in [-0.39, 0.29) is 17.9 Å². The molecule has 3 N–H and O–H groups in total. The molecule has 0 fully saturated rings. The summed E-state index contributed by atoms with van der Waals surface area (Å²) in [5, 5.41) is 17.7. The summed E-state index contributed by atoms with van der Waals surface area (Å²) in [6.45, 7) is 7.43. The zero-order chi connectivity index (χ0) is 14.3. The van der Waals surface area contributed by atoms with Crippen LogP contribution in [-0.4, -0.2) is 24.2 Å². The molecule has 0 saturated carbocycles. The first-order valence-corrected chi connectivity index (χ1v) is 7.60. The van der Waals surface area contributed by atoms with E-state index in [1.165, 1.54) is 6.92 Å². The first-order valence-electron chi connectivity index (χ1n) is 6.72. The molecule has 1 amide bonds. The molecule has 1 rings (SSSR count). The summed E-state index contributed by atoms with van der Waals surface area (Å²) < 4.78 is 0. The van der Waals surface area contributed by atoms with Gasteiger partial charge in [-0.3, -0.25) is 4.79 Å². The third kappa shape index (κ3) is 4.60. The zero-order valence-corrected chi connectivity index (χ0v) is 12.8. The molecule has 0 aliphatic carbocycles. The van der Waals surface area contributed by atoms with Crippen LogP contribution in [0, 0.1) is 5.41 Å². The topological polar surface area (TPSA) is 61.4 Å². The number of hydrogen-bond donors (Lipinski definition) is 3. The maximum absolute atomic E-state index is 11.1. The van der Waals surface area contributed by atoms with Crippen LogP contribution in [0.5, 0.6) is 0 Å². The standard InChI is InChI=1S/C14H24N2O2S/c1-4-14(5-2,10-17)9-15-8-13-12(6-7-19-13)16-11(3)18/h6-7,15,17H,4-5,8-10H2,1-3H3,(H,16,18). The number of rotatable bonds is 8. The van der Waals surface area contributed by atoms with Crippen LogP contribution in [0.25, 0.3) is 0 Å². The van der Waals surface area contributed by atoms with Gasteiger partial charge in [-0.15, -0.1) is 11.3 Å². The second kappa shape index (κ2) is 7.62. The van der Waals surface area contributed by atoms with Crippen LogP contribution in [0.2, 0.25) is 0 Å². The van der Waals surface area contributed by atoms with Gasteiger partial charge in [-0.1, -0.05) is 13.8 Å². The van der Waals surface area contributed by atoms with Gasteiger partial charge in [-0.2, -0.15) is 0 Å². The van der Waals surface area contributed by atoms with Crippen molar-refractivity contribution in [1.82, 2.24) is 5.32 Å². The molecule has 19 heavy (non-hydrogen) atoms. The van der Waals surface area contributed by atoms with E-state index in [4.69, 9.17) is 0 Å². The van der Waals surface area contributed by atoms with Crippen LogP contribution in [-0.2, 0) is 11.3 Å². The molecule has 0 radical (unpaired) electrons. The maximum Gasteiger partial charge on any atom is 0.221 e. The van der Waals surface area contributed by atoms with Gasteiger partial charge < -0.3 is 15.7 Å².